The molecule has 3 heterocycles. The monoisotopic (exact) mass is 467 g/mol. The summed E-state index contributed by atoms with van der Waals surface area (Å²) < 4.78 is 21.9. The van der Waals surface area contributed by atoms with Gasteiger partial charge in [0.1, 0.15) is 22.8 Å². The minimum atomic E-state index is -0.422. The maximum absolute atomic E-state index is 13.5. The number of imidazole rings is 1. The Labute approximate surface area is 173 Å². The molecule has 146 valence electrons. The van der Waals surface area contributed by atoms with Crippen LogP contribution in [-0.4, -0.2) is 33.4 Å². The van der Waals surface area contributed by atoms with Crippen molar-refractivity contribution in [3.05, 3.63) is 73.3 Å². The van der Waals surface area contributed by atoms with E-state index in [-0.39, 0.29) is 10.8 Å². The fourth-order valence-corrected chi connectivity index (χ4v) is 4.18. The summed E-state index contributed by atoms with van der Waals surface area (Å²) >= 11 is 9.55. The number of rotatable bonds is 4. The second-order valence-corrected chi connectivity index (χ2v) is 7.58. The topological polar surface area (TPSA) is 76.0 Å². The number of aromatic nitrogens is 4. The number of hydrogen-bond acceptors (Lipinski definition) is 5. The molecule has 0 spiro atoms. The van der Waals surface area contributed by atoms with E-state index in [1.54, 1.807) is 19.4 Å². The highest BCUT2D eigenvalue weighted by Crippen LogP contribution is 2.34. The van der Waals surface area contributed by atoms with Gasteiger partial charge in [-0.15, -0.1) is 0 Å². The molecule has 28 heavy (non-hydrogen) atoms. The van der Waals surface area contributed by atoms with Crippen LogP contribution in [0.15, 0.2) is 39.9 Å². The van der Waals surface area contributed by atoms with Crippen LogP contribution in [0.4, 0.5) is 10.1 Å². The smallest absolute Gasteiger partial charge is 0.285 e. The molecule has 1 aliphatic heterocycles. The summed E-state index contributed by atoms with van der Waals surface area (Å²) in [6, 6.07) is 4.52. The first-order valence-corrected chi connectivity index (χ1v) is 9.67. The van der Waals surface area contributed by atoms with Crippen molar-refractivity contribution in [2.75, 3.05) is 18.6 Å². The van der Waals surface area contributed by atoms with Crippen LogP contribution < -0.4 is 10.5 Å². The summed E-state index contributed by atoms with van der Waals surface area (Å²) in [5, 5.41) is 6.26. The number of H-pyrrole nitrogens is 1. The van der Waals surface area contributed by atoms with Crippen molar-refractivity contribution in [1.82, 2.24) is 19.7 Å². The van der Waals surface area contributed by atoms with Gasteiger partial charge in [0.05, 0.1) is 30.3 Å². The highest BCUT2D eigenvalue weighted by Gasteiger charge is 2.27. The number of anilines is 1. The van der Waals surface area contributed by atoms with Gasteiger partial charge in [0.15, 0.2) is 0 Å². The molecule has 1 aromatic carbocycles. The van der Waals surface area contributed by atoms with Crippen LogP contribution in [0.2, 0.25) is 5.02 Å². The van der Waals surface area contributed by atoms with Crippen molar-refractivity contribution in [3.8, 4) is 0 Å². The van der Waals surface area contributed by atoms with Gasteiger partial charge in [-0.25, -0.2) is 14.5 Å². The quantitative estimate of drug-likeness (QED) is 0.636. The molecule has 0 saturated heterocycles. The van der Waals surface area contributed by atoms with E-state index in [0.717, 1.165) is 17.1 Å². The zero-order valence-corrected chi connectivity index (χ0v) is 17.2. The molecule has 0 saturated carbocycles. The van der Waals surface area contributed by atoms with Gasteiger partial charge in [0.25, 0.3) is 5.56 Å². The molecule has 0 bridgehead atoms. The van der Waals surface area contributed by atoms with Crippen LogP contribution in [0.3, 0.4) is 0 Å². The first-order valence-electron chi connectivity index (χ1n) is 8.49. The molecule has 0 radical (unpaired) electrons. The van der Waals surface area contributed by atoms with Gasteiger partial charge in [0.2, 0.25) is 0 Å². The second kappa shape index (κ2) is 7.65. The Kier molecular flexibility index (Phi) is 5.22. The average Bonchev–Trinajstić information content (AvgIpc) is 3.09. The van der Waals surface area contributed by atoms with E-state index in [0.29, 0.717) is 29.8 Å². The number of benzene rings is 1. The van der Waals surface area contributed by atoms with E-state index in [2.05, 4.69) is 35.7 Å². The summed E-state index contributed by atoms with van der Waals surface area (Å²) in [4.78, 5) is 18.2. The number of nitrogens with zero attached hydrogens (tertiary/aromatic N) is 4. The fraction of sp³-hybridized carbons (Fsp3) is 0.278. The third kappa shape index (κ3) is 3.34. The molecule has 0 amide bonds. The van der Waals surface area contributed by atoms with Gasteiger partial charge in [0, 0.05) is 30.2 Å². The molecule has 1 atom stereocenters. The summed E-state index contributed by atoms with van der Waals surface area (Å²) in [5.41, 5.74) is 1.84. The molecular formula is C18H16BrClFN5O2. The zero-order chi connectivity index (χ0) is 19.8. The Hall–Kier alpha value is -2.23. The van der Waals surface area contributed by atoms with Crippen molar-refractivity contribution >= 4 is 33.2 Å². The molecule has 1 unspecified atom stereocenters. The predicted octanol–water partition coefficient (Wildman–Crippen LogP) is 3.28. The third-order valence-electron chi connectivity index (χ3n) is 4.76. The lowest BCUT2D eigenvalue weighted by Gasteiger charge is -2.31. The minimum Gasteiger partial charge on any atom is -0.370 e. The maximum Gasteiger partial charge on any atom is 0.285 e. The van der Waals surface area contributed by atoms with Gasteiger partial charge < -0.3 is 14.2 Å². The Balaban J connectivity index is 1.66. The van der Waals surface area contributed by atoms with Crippen molar-refractivity contribution < 1.29 is 9.13 Å². The minimum absolute atomic E-state index is 0.111. The highest BCUT2D eigenvalue weighted by molar-refractivity contribution is 9.10. The average molecular weight is 469 g/mol. The van der Waals surface area contributed by atoms with Crippen LogP contribution in [0.1, 0.15) is 23.2 Å². The van der Waals surface area contributed by atoms with Crippen molar-refractivity contribution in [2.24, 2.45) is 0 Å². The number of methoxy groups -OCH3 is 1. The molecule has 3 aromatic rings. The van der Waals surface area contributed by atoms with Crippen LogP contribution in [0.25, 0.3) is 0 Å². The van der Waals surface area contributed by atoms with E-state index in [1.807, 2.05) is 4.90 Å². The van der Waals surface area contributed by atoms with Crippen LogP contribution in [-0.2, 0) is 17.8 Å². The van der Waals surface area contributed by atoms with Gasteiger partial charge in [-0.1, -0.05) is 33.6 Å². The standard InChI is InChI=1S/C18H16BrClFN5O2/c1-28-17(11-3-2-10(21)6-12(11)19)14-7-22-15-9-25(4-5-26(14)15)13-8-23-24-18(27)16(13)20/h2-3,6-8,17H,4-5,9H2,1H3,(H,24,27). The normalized spacial score (nSPS) is 14.8. The lowest BCUT2D eigenvalue weighted by atomic mass is 10.1. The number of hydrogen-bond donors (Lipinski definition) is 1. The number of nitrogens with one attached hydrogen (secondary N) is 1. The predicted molar refractivity (Wildman–Crippen MR) is 106 cm³/mol. The van der Waals surface area contributed by atoms with E-state index >= 15 is 0 Å². The van der Waals surface area contributed by atoms with E-state index in [9.17, 15) is 9.18 Å². The Morgan fingerprint density at radius 3 is 2.93 bits per heavy atom. The summed E-state index contributed by atoms with van der Waals surface area (Å²) in [7, 11) is 1.61. The zero-order valence-electron chi connectivity index (χ0n) is 14.8. The van der Waals surface area contributed by atoms with Crippen LogP contribution in [0, 0.1) is 5.82 Å². The summed E-state index contributed by atoms with van der Waals surface area (Å²) in [6.45, 7) is 1.74. The van der Waals surface area contributed by atoms with Gasteiger partial charge in [-0.05, 0) is 12.1 Å². The lowest BCUT2D eigenvalue weighted by Crippen LogP contribution is -2.35. The molecule has 4 rings (SSSR count). The van der Waals surface area contributed by atoms with Crippen molar-refractivity contribution in [1.29, 1.82) is 0 Å². The largest absolute Gasteiger partial charge is 0.370 e. The number of ether oxygens (including phenoxy) is 1. The van der Waals surface area contributed by atoms with Crippen molar-refractivity contribution in [2.45, 2.75) is 19.2 Å². The Bertz CT molecular complexity index is 1090. The first kappa shape index (κ1) is 19.1. The van der Waals surface area contributed by atoms with E-state index in [4.69, 9.17) is 16.3 Å². The van der Waals surface area contributed by atoms with Crippen molar-refractivity contribution in [3.63, 3.8) is 0 Å². The summed E-state index contributed by atoms with van der Waals surface area (Å²) in [5.74, 6) is 0.498. The second-order valence-electron chi connectivity index (χ2n) is 6.35. The fourth-order valence-electron chi connectivity index (χ4n) is 3.41. The van der Waals surface area contributed by atoms with Crippen LogP contribution in [0.5, 0.6) is 0 Å². The lowest BCUT2D eigenvalue weighted by molar-refractivity contribution is 0.128. The SMILES string of the molecule is COC(c1ccc(F)cc1Br)c1cnc2n1CCN(c1cn[nH]c(=O)c1Cl)C2. The number of aromatic amines is 1. The Morgan fingerprint density at radius 1 is 1.36 bits per heavy atom. The molecule has 1 aliphatic rings. The third-order valence-corrected chi connectivity index (χ3v) is 5.81. The maximum atomic E-state index is 13.5. The van der Waals surface area contributed by atoms with Gasteiger partial charge >= 0.3 is 0 Å². The summed E-state index contributed by atoms with van der Waals surface area (Å²) in [6.07, 6.45) is 2.91. The molecule has 1 N–H and O–H groups in total. The van der Waals surface area contributed by atoms with Gasteiger partial charge in [-0.3, -0.25) is 4.79 Å². The molecule has 0 fully saturated rings. The molecule has 2 aromatic heterocycles. The van der Waals surface area contributed by atoms with E-state index < -0.39 is 11.7 Å². The molecule has 0 aliphatic carbocycles. The first-order chi connectivity index (χ1) is 13.5. The molecule has 10 heteroatoms. The number of halogens is 3. The van der Waals surface area contributed by atoms with E-state index in [1.165, 1.54) is 18.3 Å². The Morgan fingerprint density at radius 2 is 2.18 bits per heavy atom. The highest BCUT2D eigenvalue weighted by atomic mass is 79.9. The van der Waals surface area contributed by atoms with Gasteiger partial charge in [-0.2, -0.15) is 5.10 Å². The van der Waals surface area contributed by atoms with Crippen LogP contribution >= 0.6 is 27.5 Å². The molecular weight excluding hydrogens is 453 g/mol. The number of fused-ring (bicyclic) bond motifs is 1. The molecule has 7 nitrogen and oxygen atoms in total.